The molecule has 0 heterocycles. The average molecular weight is 379 g/mol. The van der Waals surface area contributed by atoms with E-state index in [1.54, 1.807) is 0 Å². The van der Waals surface area contributed by atoms with Gasteiger partial charge in [-0.1, -0.05) is 55.5 Å². The Kier molecular flexibility index (Phi) is 6.54. The molecule has 0 aliphatic rings. The van der Waals surface area contributed by atoms with Gasteiger partial charge in [-0.05, 0) is 65.6 Å². The fraction of sp³-hybridized carbons (Fsp3) is 0.333. The van der Waals surface area contributed by atoms with Crippen LogP contribution in [-0.2, 0) is 6.42 Å². The number of aryl methyl sites for hydroxylation is 1. The van der Waals surface area contributed by atoms with Gasteiger partial charge in [0.25, 0.3) is 0 Å². The monoisotopic (exact) mass is 379 g/mol. The summed E-state index contributed by atoms with van der Waals surface area (Å²) in [7, 11) is 0. The summed E-state index contributed by atoms with van der Waals surface area (Å²) in [6, 6.07) is 19.9. The molecule has 0 saturated heterocycles. The third-order valence-corrected chi connectivity index (χ3v) is 4.47. The van der Waals surface area contributed by atoms with Crippen LogP contribution in [0.4, 0.5) is 0 Å². The van der Waals surface area contributed by atoms with Crippen molar-refractivity contribution < 1.29 is 0 Å². The van der Waals surface area contributed by atoms with Gasteiger partial charge >= 0.3 is 0 Å². The molecule has 1 atom stereocenters. The Morgan fingerprint density at radius 2 is 1.70 bits per heavy atom. The number of benzene rings is 2. The minimum atomic E-state index is 0.447. The first-order chi connectivity index (χ1) is 9.81. The molecule has 0 spiro atoms. The van der Waals surface area contributed by atoms with Crippen LogP contribution in [-0.4, -0.2) is 6.54 Å². The van der Waals surface area contributed by atoms with Crippen LogP contribution in [0.2, 0.25) is 0 Å². The first-order valence-electron chi connectivity index (χ1n) is 7.33. The third-order valence-electron chi connectivity index (χ3n) is 3.49. The van der Waals surface area contributed by atoms with Crippen LogP contribution in [0.1, 0.15) is 36.9 Å². The quantitative estimate of drug-likeness (QED) is 0.671. The molecule has 2 rings (SSSR count). The van der Waals surface area contributed by atoms with Crippen molar-refractivity contribution in [1.29, 1.82) is 0 Å². The van der Waals surface area contributed by atoms with E-state index >= 15 is 0 Å². The Morgan fingerprint density at radius 3 is 2.40 bits per heavy atom. The predicted molar refractivity (Wildman–Crippen MR) is 95.0 cm³/mol. The van der Waals surface area contributed by atoms with Gasteiger partial charge in [0.15, 0.2) is 0 Å². The standard InChI is InChI=1S/C18H22IN/c1-2-14-20-18(16-10-6-7-11-17(16)19)13-12-15-8-4-3-5-9-15/h3-11,18,20H,2,12-14H2,1H3. The van der Waals surface area contributed by atoms with Crippen LogP contribution in [0.25, 0.3) is 0 Å². The smallest absolute Gasteiger partial charge is 0.0333 e. The largest absolute Gasteiger partial charge is 0.310 e. The fourth-order valence-electron chi connectivity index (χ4n) is 2.40. The van der Waals surface area contributed by atoms with Gasteiger partial charge in [0.1, 0.15) is 0 Å². The maximum atomic E-state index is 3.69. The highest BCUT2D eigenvalue weighted by Crippen LogP contribution is 2.24. The van der Waals surface area contributed by atoms with E-state index in [-0.39, 0.29) is 0 Å². The Balaban J connectivity index is 2.06. The molecule has 0 bridgehead atoms. The second-order valence-electron chi connectivity index (χ2n) is 5.05. The maximum absolute atomic E-state index is 3.69. The summed E-state index contributed by atoms with van der Waals surface area (Å²) in [5, 5.41) is 3.69. The van der Waals surface area contributed by atoms with Crippen LogP contribution in [0.3, 0.4) is 0 Å². The number of halogens is 1. The Hall–Kier alpha value is -0.870. The van der Waals surface area contributed by atoms with Crippen molar-refractivity contribution in [2.75, 3.05) is 6.54 Å². The molecule has 2 heteroatoms. The first kappa shape index (κ1) is 15.5. The van der Waals surface area contributed by atoms with E-state index < -0.39 is 0 Å². The molecule has 1 unspecified atom stereocenters. The van der Waals surface area contributed by atoms with Crippen LogP contribution < -0.4 is 5.32 Å². The van der Waals surface area contributed by atoms with E-state index in [4.69, 9.17) is 0 Å². The van der Waals surface area contributed by atoms with Crippen LogP contribution in [0.5, 0.6) is 0 Å². The van der Waals surface area contributed by atoms with Gasteiger partial charge in [-0.15, -0.1) is 0 Å². The molecule has 0 aliphatic carbocycles. The summed E-state index contributed by atoms with van der Waals surface area (Å²) in [6.45, 7) is 3.29. The summed E-state index contributed by atoms with van der Waals surface area (Å²) in [5.74, 6) is 0. The minimum absolute atomic E-state index is 0.447. The maximum Gasteiger partial charge on any atom is 0.0333 e. The number of rotatable bonds is 7. The van der Waals surface area contributed by atoms with E-state index in [1.165, 1.54) is 21.1 Å². The molecule has 0 amide bonds. The van der Waals surface area contributed by atoms with Gasteiger partial charge in [-0.2, -0.15) is 0 Å². The molecule has 0 aromatic heterocycles. The zero-order valence-corrected chi connectivity index (χ0v) is 14.1. The minimum Gasteiger partial charge on any atom is -0.310 e. The fourth-order valence-corrected chi connectivity index (χ4v) is 3.16. The number of hydrogen-bond acceptors (Lipinski definition) is 1. The summed E-state index contributed by atoms with van der Waals surface area (Å²) in [4.78, 5) is 0. The highest BCUT2D eigenvalue weighted by molar-refractivity contribution is 14.1. The lowest BCUT2D eigenvalue weighted by Gasteiger charge is -2.20. The van der Waals surface area contributed by atoms with Crippen molar-refractivity contribution >= 4 is 22.6 Å². The molecule has 0 saturated carbocycles. The molecule has 0 radical (unpaired) electrons. The molecule has 20 heavy (non-hydrogen) atoms. The van der Waals surface area contributed by atoms with Crippen LogP contribution in [0, 0.1) is 3.57 Å². The third kappa shape index (κ3) is 4.60. The van der Waals surface area contributed by atoms with Gasteiger partial charge in [-0.25, -0.2) is 0 Å². The van der Waals surface area contributed by atoms with Crippen molar-refractivity contribution in [1.82, 2.24) is 5.32 Å². The van der Waals surface area contributed by atoms with E-state index in [2.05, 4.69) is 89.4 Å². The van der Waals surface area contributed by atoms with E-state index in [0.29, 0.717) is 6.04 Å². The topological polar surface area (TPSA) is 12.0 Å². The van der Waals surface area contributed by atoms with Gasteiger partial charge in [0.2, 0.25) is 0 Å². The molecule has 1 nitrogen and oxygen atoms in total. The van der Waals surface area contributed by atoms with Gasteiger partial charge in [-0.3, -0.25) is 0 Å². The molecule has 2 aromatic carbocycles. The van der Waals surface area contributed by atoms with Crippen LogP contribution >= 0.6 is 22.6 Å². The van der Waals surface area contributed by atoms with Gasteiger partial charge in [0.05, 0.1) is 0 Å². The molecule has 106 valence electrons. The van der Waals surface area contributed by atoms with Crippen molar-refractivity contribution in [3.8, 4) is 0 Å². The molecule has 1 N–H and O–H groups in total. The summed E-state index contributed by atoms with van der Waals surface area (Å²) in [6.07, 6.45) is 3.43. The lowest BCUT2D eigenvalue weighted by Crippen LogP contribution is -2.23. The molecule has 2 aromatic rings. The second-order valence-corrected chi connectivity index (χ2v) is 6.21. The molecular weight excluding hydrogens is 357 g/mol. The highest BCUT2D eigenvalue weighted by atomic mass is 127. The Bertz CT molecular complexity index is 510. The van der Waals surface area contributed by atoms with Crippen molar-refractivity contribution in [2.45, 2.75) is 32.2 Å². The normalized spacial score (nSPS) is 12.3. The second kappa shape index (κ2) is 8.42. The summed E-state index contributed by atoms with van der Waals surface area (Å²) < 4.78 is 1.35. The van der Waals surface area contributed by atoms with E-state index in [0.717, 1.165) is 19.4 Å². The Morgan fingerprint density at radius 1 is 1.00 bits per heavy atom. The van der Waals surface area contributed by atoms with E-state index in [9.17, 15) is 0 Å². The van der Waals surface area contributed by atoms with Crippen molar-refractivity contribution in [3.63, 3.8) is 0 Å². The van der Waals surface area contributed by atoms with Crippen molar-refractivity contribution in [2.24, 2.45) is 0 Å². The summed E-state index contributed by atoms with van der Waals surface area (Å²) in [5.41, 5.74) is 2.85. The van der Waals surface area contributed by atoms with Crippen molar-refractivity contribution in [3.05, 3.63) is 69.3 Å². The van der Waals surface area contributed by atoms with Gasteiger partial charge < -0.3 is 5.32 Å². The lowest BCUT2D eigenvalue weighted by molar-refractivity contribution is 0.497. The number of hydrogen-bond donors (Lipinski definition) is 1. The molecule has 0 fully saturated rings. The van der Waals surface area contributed by atoms with Crippen LogP contribution in [0.15, 0.2) is 54.6 Å². The average Bonchev–Trinajstić information content (AvgIpc) is 2.49. The lowest BCUT2D eigenvalue weighted by atomic mass is 9.99. The highest BCUT2D eigenvalue weighted by Gasteiger charge is 2.13. The zero-order valence-electron chi connectivity index (χ0n) is 12.0. The molecule has 0 aliphatic heterocycles. The zero-order chi connectivity index (χ0) is 14.2. The molecular formula is C18H22IN. The van der Waals surface area contributed by atoms with E-state index in [1.807, 2.05) is 0 Å². The Labute approximate surface area is 135 Å². The predicted octanol–water partition coefficient (Wildman–Crippen LogP) is 4.96. The first-order valence-corrected chi connectivity index (χ1v) is 8.41. The number of nitrogens with one attached hydrogen (secondary N) is 1. The summed E-state index contributed by atoms with van der Waals surface area (Å²) >= 11 is 2.44. The SMILES string of the molecule is CCCNC(CCc1ccccc1)c1ccccc1I. The van der Waals surface area contributed by atoms with Gasteiger partial charge in [0, 0.05) is 9.61 Å².